The predicted octanol–water partition coefficient (Wildman–Crippen LogP) is 7.69. The molecule has 0 amide bonds. The second-order valence-corrected chi connectivity index (χ2v) is 52.2. The van der Waals surface area contributed by atoms with E-state index in [0.29, 0.717) is 0 Å². The zero-order chi connectivity index (χ0) is 29.2. The lowest BCUT2D eigenvalue weighted by Crippen LogP contribution is -2.41. The van der Waals surface area contributed by atoms with Gasteiger partial charge in [0.2, 0.25) is 16.1 Å². The molecule has 1 rings (SSSR count). The molecule has 0 aliphatic carbocycles. The zero-order valence-electron chi connectivity index (χ0n) is 27.1. The van der Waals surface area contributed by atoms with Crippen LogP contribution in [-0.4, -0.2) is 64.6 Å². The van der Waals surface area contributed by atoms with Crippen LogP contribution in [0.5, 0.6) is 0 Å². The van der Waals surface area contributed by atoms with Crippen LogP contribution in [0.4, 0.5) is 0 Å². The highest BCUT2D eigenvalue weighted by Gasteiger charge is 2.35. The summed E-state index contributed by atoms with van der Waals surface area (Å²) in [5, 5.41) is 0. The van der Waals surface area contributed by atoms with Crippen molar-refractivity contribution in [2.75, 3.05) is 0 Å². The monoisotopic (exact) mass is 626 g/mol. The molecule has 0 bridgehead atoms. The van der Waals surface area contributed by atoms with Crippen molar-refractivity contribution in [2.24, 2.45) is 0 Å². The molecule has 0 aromatic rings. The van der Waals surface area contributed by atoms with Gasteiger partial charge < -0.3 is 0 Å². The summed E-state index contributed by atoms with van der Waals surface area (Å²) >= 11 is 0. The second kappa shape index (κ2) is 11.6. The van der Waals surface area contributed by atoms with Crippen molar-refractivity contribution < 1.29 is 0 Å². The molecule has 0 fully saturated rings. The number of hydrogen-bond donors (Lipinski definition) is 0. The molecular weight excluding hydrogens is 573 g/mol. The highest BCUT2D eigenvalue weighted by atomic mass is 28.4. The smallest absolute Gasteiger partial charge is 0.139 e. The first-order valence-corrected chi connectivity index (χ1v) is 39.1. The summed E-state index contributed by atoms with van der Waals surface area (Å²) in [5.74, 6) is 0. The van der Waals surface area contributed by atoms with Gasteiger partial charge in [0, 0.05) is 0 Å². The van der Waals surface area contributed by atoms with E-state index < -0.39 is 64.6 Å². The maximum absolute atomic E-state index is 3.90. The third-order valence-corrected chi connectivity index (χ3v) is 36.5. The van der Waals surface area contributed by atoms with E-state index in [1.54, 1.807) is 0 Å². The summed E-state index contributed by atoms with van der Waals surface area (Å²) in [6, 6.07) is 0. The Morgan fingerprint density at radius 3 is 0.541 bits per heavy atom. The summed E-state index contributed by atoms with van der Waals surface area (Å²) in [4.78, 5) is 0. The Morgan fingerprint density at radius 1 is 0.243 bits per heavy atom. The SMILES string of the molecule is C[Si]1(C)C#C[Si](C)(C)C[Si](C)(C)C#C[Si](C)(C)C#C[Si](C)(C)C[Si](C)(C)C#C[Si](C)(C)C[Si](C)(C)C#C1. The Balaban J connectivity index is 3.68. The summed E-state index contributed by atoms with van der Waals surface area (Å²) in [6.45, 7) is 38.8. The number of rotatable bonds is 0. The maximum atomic E-state index is 3.90. The van der Waals surface area contributed by atoms with Crippen molar-refractivity contribution in [3.05, 3.63) is 0 Å². The predicted molar refractivity (Wildman–Crippen MR) is 193 cm³/mol. The minimum absolute atomic E-state index is 1.23. The van der Waals surface area contributed by atoms with Gasteiger partial charge in [-0.25, -0.2) is 0 Å². The molecule has 202 valence electrons. The first-order valence-electron chi connectivity index (χ1n) is 13.9. The summed E-state index contributed by atoms with van der Waals surface area (Å²) in [5.41, 5.74) is 42.0. The van der Waals surface area contributed by atoms with Crippen molar-refractivity contribution in [3.63, 3.8) is 0 Å². The first kappa shape index (κ1) is 34.6. The molecule has 0 N–H and O–H groups in total. The fourth-order valence-electron chi connectivity index (χ4n) is 5.28. The minimum atomic E-state index is -1.88. The molecule has 0 aromatic heterocycles. The van der Waals surface area contributed by atoms with Crippen LogP contribution in [0.15, 0.2) is 0 Å². The van der Waals surface area contributed by atoms with Gasteiger partial charge in [-0.15, -0.1) is 55.4 Å². The van der Waals surface area contributed by atoms with Crippen LogP contribution in [0, 0.1) is 55.4 Å². The molecule has 1 heterocycles. The van der Waals surface area contributed by atoms with E-state index in [1.165, 1.54) is 17.0 Å². The Kier molecular flexibility index (Phi) is 10.8. The van der Waals surface area contributed by atoms with Gasteiger partial charge in [-0.2, -0.15) is 0 Å². The van der Waals surface area contributed by atoms with Crippen LogP contribution in [0.1, 0.15) is 0 Å². The lowest BCUT2D eigenvalue weighted by atomic mass is 11.3. The Labute approximate surface area is 240 Å². The van der Waals surface area contributed by atoms with Gasteiger partial charge in [0.05, 0.1) is 0 Å². The van der Waals surface area contributed by atoms with E-state index in [4.69, 9.17) is 0 Å². The molecule has 1 aliphatic heterocycles. The molecule has 0 aromatic carbocycles. The molecule has 0 saturated carbocycles. The van der Waals surface area contributed by atoms with E-state index in [1.807, 2.05) is 0 Å². The Hall–Kier alpha value is -0.465. The van der Waals surface area contributed by atoms with E-state index in [9.17, 15) is 0 Å². The van der Waals surface area contributed by atoms with Crippen molar-refractivity contribution in [1.29, 1.82) is 0 Å². The average Bonchev–Trinajstić information content (AvgIpc) is 2.65. The van der Waals surface area contributed by atoms with E-state index in [-0.39, 0.29) is 0 Å². The normalized spacial score (nSPS) is 26.2. The van der Waals surface area contributed by atoms with Crippen LogP contribution in [0.3, 0.4) is 0 Å². The average molecular weight is 627 g/mol. The van der Waals surface area contributed by atoms with E-state index >= 15 is 0 Å². The fourth-order valence-corrected chi connectivity index (χ4v) is 47.2. The Morgan fingerprint density at radius 2 is 0.378 bits per heavy atom. The molecular formula is C29H54Si8. The highest BCUT2D eigenvalue weighted by Crippen LogP contribution is 2.23. The molecule has 0 spiro atoms. The molecule has 0 atom stereocenters. The minimum Gasteiger partial charge on any atom is -0.139 e. The highest BCUT2D eigenvalue weighted by molar-refractivity contribution is 7.07. The summed E-state index contributed by atoms with van der Waals surface area (Å²) in [7, 11) is -13.7. The lowest BCUT2D eigenvalue weighted by Gasteiger charge is -2.27. The van der Waals surface area contributed by atoms with Crippen LogP contribution in [0.2, 0.25) is 122 Å². The van der Waals surface area contributed by atoms with Crippen molar-refractivity contribution in [2.45, 2.75) is 122 Å². The zero-order valence-corrected chi connectivity index (χ0v) is 35.1. The molecule has 37 heavy (non-hydrogen) atoms. The summed E-state index contributed by atoms with van der Waals surface area (Å²) < 4.78 is 0. The van der Waals surface area contributed by atoms with Gasteiger partial charge in [0.1, 0.15) is 48.4 Å². The van der Waals surface area contributed by atoms with E-state index in [0.717, 1.165) is 0 Å². The molecule has 8 heteroatoms. The van der Waals surface area contributed by atoms with Crippen molar-refractivity contribution >= 4 is 64.6 Å². The fraction of sp³-hybridized carbons (Fsp3) is 0.655. The van der Waals surface area contributed by atoms with Crippen LogP contribution in [0.25, 0.3) is 0 Å². The number of hydrogen-bond acceptors (Lipinski definition) is 0. The van der Waals surface area contributed by atoms with Gasteiger partial charge in [-0.05, 0) is 43.2 Å². The van der Waals surface area contributed by atoms with Gasteiger partial charge in [-0.1, -0.05) is 78.6 Å². The molecule has 0 nitrogen and oxygen atoms in total. The van der Waals surface area contributed by atoms with Gasteiger partial charge in [-0.3, -0.25) is 0 Å². The maximum Gasteiger partial charge on any atom is 0.209 e. The third-order valence-electron chi connectivity index (χ3n) is 6.24. The molecule has 0 saturated heterocycles. The van der Waals surface area contributed by atoms with Crippen molar-refractivity contribution in [1.82, 2.24) is 0 Å². The molecule has 1 aliphatic rings. The second-order valence-electron chi connectivity index (χ2n) is 16.3. The first-order chi connectivity index (χ1) is 16.2. The quantitative estimate of drug-likeness (QED) is 0.191. The molecule has 0 radical (unpaired) electrons. The van der Waals surface area contributed by atoms with Crippen molar-refractivity contribution in [3.8, 4) is 55.4 Å². The topological polar surface area (TPSA) is 0 Å². The van der Waals surface area contributed by atoms with Crippen LogP contribution in [-0.2, 0) is 0 Å². The molecule has 0 unspecified atom stereocenters. The largest absolute Gasteiger partial charge is 0.209 e. The van der Waals surface area contributed by atoms with Crippen LogP contribution < -0.4 is 0 Å². The van der Waals surface area contributed by atoms with E-state index in [2.05, 4.69) is 160 Å². The Bertz CT molecular complexity index is 1100. The standard InChI is InChI=1S/C29H54Si8/c1-30(2)17-21-32(5,6)27-33(7,8)22-18-31(3,4)20-24-35(11,12)29-37(15,16)26-25-36(13,14)28-34(9,10)23-19-30/h27-29H2,1-16H3. The van der Waals surface area contributed by atoms with Gasteiger partial charge in [0.25, 0.3) is 0 Å². The summed E-state index contributed by atoms with van der Waals surface area (Å²) in [6.07, 6.45) is 0. The third kappa shape index (κ3) is 14.5. The van der Waals surface area contributed by atoms with Gasteiger partial charge >= 0.3 is 0 Å². The van der Waals surface area contributed by atoms with Gasteiger partial charge in [0.15, 0.2) is 0 Å². The van der Waals surface area contributed by atoms with Crippen LogP contribution >= 0.6 is 0 Å². The lowest BCUT2D eigenvalue weighted by molar-refractivity contribution is 1.59.